The highest BCUT2D eigenvalue weighted by atomic mass is 35.5. The molecular weight excluding hydrogens is 477 g/mol. The normalized spacial score (nSPS) is 12.0. The summed E-state index contributed by atoms with van der Waals surface area (Å²) in [4.78, 5) is 25.3. The topological polar surface area (TPSA) is 88.9 Å². The monoisotopic (exact) mass is 503 g/mol. The number of rotatable bonds is 9. The lowest BCUT2D eigenvalue weighted by Gasteiger charge is -2.20. The van der Waals surface area contributed by atoms with Gasteiger partial charge in [0, 0.05) is 12.7 Å². The fourth-order valence-electron chi connectivity index (χ4n) is 3.38. The van der Waals surface area contributed by atoms with Gasteiger partial charge < -0.3 is 15.2 Å². The molecule has 34 heavy (non-hydrogen) atoms. The number of aromatic nitrogens is 3. The summed E-state index contributed by atoms with van der Waals surface area (Å²) in [6.45, 7) is 5.90. The minimum atomic E-state index is -0.415. The van der Waals surface area contributed by atoms with E-state index in [0.29, 0.717) is 33.7 Å². The largest absolute Gasteiger partial charge is 0.342 e. The zero-order chi connectivity index (χ0) is 24.8. The molecule has 0 fully saturated rings. The minimum absolute atomic E-state index is 0.0722. The second-order valence-electron chi connectivity index (χ2n) is 8.33. The van der Waals surface area contributed by atoms with Gasteiger partial charge in [-0.15, -0.1) is 10.2 Å². The Kier molecular flexibility index (Phi) is 8.68. The lowest BCUT2D eigenvalue weighted by atomic mass is 10.0. The van der Waals surface area contributed by atoms with E-state index in [9.17, 15) is 14.0 Å². The Labute approximate surface area is 207 Å². The van der Waals surface area contributed by atoms with Crippen LogP contribution in [-0.2, 0) is 11.8 Å². The van der Waals surface area contributed by atoms with Crippen molar-refractivity contribution in [3.05, 3.63) is 70.3 Å². The van der Waals surface area contributed by atoms with Gasteiger partial charge in [-0.2, -0.15) is 0 Å². The molecule has 0 aliphatic heterocycles. The number of nitrogens with one attached hydrogen (secondary N) is 2. The molecule has 1 atom stereocenters. The summed E-state index contributed by atoms with van der Waals surface area (Å²) in [6.07, 6.45) is 0.645. The van der Waals surface area contributed by atoms with Crippen LogP contribution in [0.25, 0.3) is 0 Å². The van der Waals surface area contributed by atoms with Crippen molar-refractivity contribution in [1.29, 1.82) is 0 Å². The highest BCUT2D eigenvalue weighted by molar-refractivity contribution is 7.99. The Morgan fingerprint density at radius 2 is 1.91 bits per heavy atom. The van der Waals surface area contributed by atoms with Crippen molar-refractivity contribution in [2.24, 2.45) is 13.0 Å². The van der Waals surface area contributed by atoms with Crippen LogP contribution in [0.4, 0.5) is 10.1 Å². The third kappa shape index (κ3) is 6.57. The lowest BCUT2D eigenvalue weighted by molar-refractivity contribution is -0.113. The van der Waals surface area contributed by atoms with Crippen LogP contribution in [0.1, 0.15) is 48.1 Å². The van der Waals surface area contributed by atoms with Crippen molar-refractivity contribution in [1.82, 2.24) is 20.1 Å². The third-order valence-electron chi connectivity index (χ3n) is 5.12. The van der Waals surface area contributed by atoms with E-state index in [1.807, 2.05) is 0 Å². The first-order valence-electron chi connectivity index (χ1n) is 10.8. The van der Waals surface area contributed by atoms with Crippen molar-refractivity contribution in [2.45, 2.75) is 38.4 Å². The number of carbonyl (C=O) groups excluding carboxylic acids is 2. The van der Waals surface area contributed by atoms with E-state index < -0.39 is 5.82 Å². The smallest absolute Gasteiger partial charge is 0.253 e. The second-order valence-corrected chi connectivity index (χ2v) is 9.68. The Morgan fingerprint density at radius 3 is 2.62 bits per heavy atom. The molecule has 0 aliphatic rings. The van der Waals surface area contributed by atoms with Crippen LogP contribution in [-0.4, -0.2) is 32.3 Å². The van der Waals surface area contributed by atoms with Crippen molar-refractivity contribution >= 4 is 40.9 Å². The van der Waals surface area contributed by atoms with Gasteiger partial charge in [0.2, 0.25) is 5.91 Å². The molecule has 0 spiro atoms. The van der Waals surface area contributed by atoms with Gasteiger partial charge in [-0.3, -0.25) is 9.59 Å². The number of carbonyl (C=O) groups is 2. The van der Waals surface area contributed by atoms with Crippen LogP contribution in [0.5, 0.6) is 0 Å². The van der Waals surface area contributed by atoms with Crippen LogP contribution in [0.2, 0.25) is 5.02 Å². The predicted octanol–water partition coefficient (Wildman–Crippen LogP) is 5.16. The first kappa shape index (κ1) is 25.7. The molecule has 7 nitrogen and oxygen atoms in total. The molecule has 3 aromatic rings. The Balaban J connectivity index is 1.70. The van der Waals surface area contributed by atoms with Crippen LogP contribution >= 0.6 is 23.4 Å². The summed E-state index contributed by atoms with van der Waals surface area (Å²) < 4.78 is 15.2. The molecular formula is C24H27ClFN5O2S. The quantitative estimate of drug-likeness (QED) is 0.393. The van der Waals surface area contributed by atoms with Crippen molar-refractivity contribution < 1.29 is 14.0 Å². The van der Waals surface area contributed by atoms with Crippen molar-refractivity contribution in [3.63, 3.8) is 0 Å². The van der Waals surface area contributed by atoms with E-state index >= 15 is 0 Å². The minimum Gasteiger partial charge on any atom is -0.342 e. The zero-order valence-corrected chi connectivity index (χ0v) is 21.0. The standard InChI is InChI=1S/C24H27ClFN5O2S/c1-14(2)11-20(28-23(33)17-7-5-6-8-18(17)25)22-29-30-24(31(22)4)34-13-21(32)27-19-12-16(26)10-9-15(19)3/h5-10,12,14,20H,11,13H2,1-4H3,(H,27,32)(H,28,33)/t20-/m0/s1. The second kappa shape index (κ2) is 11.5. The van der Waals surface area contributed by atoms with Gasteiger partial charge in [0.1, 0.15) is 5.82 Å². The number of amides is 2. The van der Waals surface area contributed by atoms with Gasteiger partial charge >= 0.3 is 0 Å². The summed E-state index contributed by atoms with van der Waals surface area (Å²) in [5.41, 5.74) is 1.59. The number of hydrogen-bond acceptors (Lipinski definition) is 5. The van der Waals surface area contributed by atoms with Crippen LogP contribution in [0, 0.1) is 18.7 Å². The van der Waals surface area contributed by atoms with Gasteiger partial charge in [0.05, 0.1) is 22.4 Å². The van der Waals surface area contributed by atoms with E-state index in [0.717, 1.165) is 5.56 Å². The summed E-state index contributed by atoms with van der Waals surface area (Å²) in [6, 6.07) is 10.7. The molecule has 0 saturated heterocycles. The van der Waals surface area contributed by atoms with Crippen LogP contribution in [0.15, 0.2) is 47.6 Å². The average molecular weight is 504 g/mol. The van der Waals surface area contributed by atoms with E-state index in [-0.39, 0.29) is 29.5 Å². The summed E-state index contributed by atoms with van der Waals surface area (Å²) in [5.74, 6) is -0.0561. The molecule has 10 heteroatoms. The van der Waals surface area contributed by atoms with E-state index in [1.54, 1.807) is 48.9 Å². The van der Waals surface area contributed by atoms with E-state index in [1.165, 1.54) is 23.9 Å². The molecule has 3 rings (SSSR count). The Morgan fingerprint density at radius 1 is 1.18 bits per heavy atom. The van der Waals surface area contributed by atoms with Gasteiger partial charge in [-0.05, 0) is 49.1 Å². The molecule has 1 aromatic heterocycles. The van der Waals surface area contributed by atoms with E-state index in [2.05, 4.69) is 34.7 Å². The first-order chi connectivity index (χ1) is 16.2. The van der Waals surface area contributed by atoms with Gasteiger partial charge in [0.15, 0.2) is 11.0 Å². The molecule has 1 heterocycles. The number of benzene rings is 2. The predicted molar refractivity (Wildman–Crippen MR) is 133 cm³/mol. The fraction of sp³-hybridized carbons (Fsp3) is 0.333. The maximum atomic E-state index is 13.5. The summed E-state index contributed by atoms with van der Waals surface area (Å²) >= 11 is 7.39. The molecule has 0 bridgehead atoms. The van der Waals surface area contributed by atoms with Gasteiger partial charge in [-0.25, -0.2) is 4.39 Å². The molecule has 0 unspecified atom stereocenters. The van der Waals surface area contributed by atoms with Crippen molar-refractivity contribution in [2.75, 3.05) is 11.1 Å². The molecule has 2 amide bonds. The van der Waals surface area contributed by atoms with Crippen LogP contribution < -0.4 is 10.6 Å². The molecule has 0 aliphatic carbocycles. The fourth-order valence-corrected chi connectivity index (χ4v) is 4.32. The number of halogens is 2. The van der Waals surface area contributed by atoms with Crippen LogP contribution in [0.3, 0.4) is 0 Å². The SMILES string of the molecule is Cc1ccc(F)cc1NC(=O)CSc1nnc([C@H](CC(C)C)NC(=O)c2ccccc2Cl)n1C. The van der Waals surface area contributed by atoms with Crippen molar-refractivity contribution in [3.8, 4) is 0 Å². The lowest BCUT2D eigenvalue weighted by Crippen LogP contribution is -2.31. The molecule has 0 saturated carbocycles. The summed E-state index contributed by atoms with van der Waals surface area (Å²) in [7, 11) is 1.79. The molecule has 180 valence electrons. The Hall–Kier alpha value is -2.91. The first-order valence-corrected chi connectivity index (χ1v) is 12.2. The van der Waals surface area contributed by atoms with Gasteiger partial charge in [0.25, 0.3) is 5.91 Å². The Bertz CT molecular complexity index is 1180. The summed E-state index contributed by atoms with van der Waals surface area (Å²) in [5, 5.41) is 15.1. The van der Waals surface area contributed by atoms with E-state index in [4.69, 9.17) is 11.6 Å². The number of hydrogen-bond donors (Lipinski definition) is 2. The number of aryl methyl sites for hydroxylation is 1. The average Bonchev–Trinajstić information content (AvgIpc) is 3.14. The number of nitrogens with zero attached hydrogens (tertiary/aromatic N) is 3. The number of anilines is 1. The molecule has 2 N–H and O–H groups in total. The highest BCUT2D eigenvalue weighted by Gasteiger charge is 2.24. The zero-order valence-electron chi connectivity index (χ0n) is 19.4. The molecule has 2 aromatic carbocycles. The van der Waals surface area contributed by atoms with Gasteiger partial charge in [-0.1, -0.05) is 55.4 Å². The maximum Gasteiger partial charge on any atom is 0.253 e. The maximum absolute atomic E-state index is 13.5. The third-order valence-corrected chi connectivity index (χ3v) is 6.47. The molecule has 0 radical (unpaired) electrons. The highest BCUT2D eigenvalue weighted by Crippen LogP contribution is 2.25. The number of thioether (sulfide) groups is 1.